The summed E-state index contributed by atoms with van der Waals surface area (Å²) in [4.78, 5) is 48.0. The minimum Gasteiger partial charge on any atom is -0.480 e. The standard InChI is InChI=1S/C18H26N4O5S2/c1-10(15(23)22-14(9-29)18(26)27)20-17(25)13(21-16(24)12(19)8-28)7-11-5-3-2-4-6-11/h2-6,10,12-14,28-29H,7-9,19H2,1H3,(H,20,25)(H,21,24)(H,22,23)(H,26,27). The summed E-state index contributed by atoms with van der Waals surface area (Å²) >= 11 is 7.85. The number of thiol groups is 2. The van der Waals surface area contributed by atoms with Crippen LogP contribution in [-0.4, -0.2) is 64.5 Å². The normalized spacial score (nSPS) is 14.8. The second kappa shape index (κ2) is 12.3. The van der Waals surface area contributed by atoms with E-state index in [1.165, 1.54) is 6.92 Å². The van der Waals surface area contributed by atoms with Crippen molar-refractivity contribution in [3.05, 3.63) is 35.9 Å². The summed E-state index contributed by atoms with van der Waals surface area (Å²) in [5, 5.41) is 16.3. The molecule has 0 bridgehead atoms. The predicted octanol–water partition coefficient (Wildman–Crippen LogP) is -1.03. The molecule has 0 fully saturated rings. The second-order valence-corrected chi connectivity index (χ2v) is 7.08. The summed E-state index contributed by atoms with van der Waals surface area (Å²) in [6.07, 6.45) is 0.181. The van der Waals surface area contributed by atoms with Crippen LogP contribution in [0.1, 0.15) is 12.5 Å². The zero-order valence-corrected chi connectivity index (χ0v) is 17.7. The molecule has 1 rings (SSSR count). The van der Waals surface area contributed by atoms with Gasteiger partial charge < -0.3 is 26.8 Å². The van der Waals surface area contributed by atoms with Crippen molar-refractivity contribution in [3.8, 4) is 0 Å². The van der Waals surface area contributed by atoms with Crippen LogP contribution in [0.4, 0.5) is 0 Å². The zero-order valence-electron chi connectivity index (χ0n) is 15.9. The number of benzene rings is 1. The Labute approximate surface area is 180 Å². The first-order chi connectivity index (χ1) is 13.7. The van der Waals surface area contributed by atoms with Gasteiger partial charge in [0.05, 0.1) is 6.04 Å². The van der Waals surface area contributed by atoms with Crippen molar-refractivity contribution in [1.82, 2.24) is 16.0 Å². The molecule has 0 aliphatic rings. The van der Waals surface area contributed by atoms with Gasteiger partial charge in [-0.1, -0.05) is 30.3 Å². The average molecular weight is 443 g/mol. The Morgan fingerprint density at radius 2 is 1.52 bits per heavy atom. The van der Waals surface area contributed by atoms with E-state index in [0.29, 0.717) is 0 Å². The van der Waals surface area contributed by atoms with Gasteiger partial charge in [0.25, 0.3) is 0 Å². The van der Waals surface area contributed by atoms with Crippen LogP contribution in [0, 0.1) is 0 Å². The number of carboxylic acids is 1. The largest absolute Gasteiger partial charge is 0.480 e. The summed E-state index contributed by atoms with van der Waals surface area (Å²) in [6.45, 7) is 1.41. The Kier molecular flexibility index (Phi) is 10.6. The lowest BCUT2D eigenvalue weighted by molar-refractivity contribution is -0.141. The number of carboxylic acid groups (broad SMARTS) is 1. The minimum absolute atomic E-state index is 0.101. The molecule has 4 atom stereocenters. The topological polar surface area (TPSA) is 151 Å². The number of nitrogens with two attached hydrogens (primary N) is 1. The first kappa shape index (κ1) is 24.8. The summed E-state index contributed by atoms with van der Waals surface area (Å²) in [5.74, 6) is -3.07. The van der Waals surface area contributed by atoms with Gasteiger partial charge in [-0.3, -0.25) is 14.4 Å². The first-order valence-electron chi connectivity index (χ1n) is 8.84. The number of rotatable bonds is 11. The van der Waals surface area contributed by atoms with Gasteiger partial charge in [-0.2, -0.15) is 25.3 Å². The highest BCUT2D eigenvalue weighted by atomic mass is 32.1. The van der Waals surface area contributed by atoms with Gasteiger partial charge in [-0.25, -0.2) is 4.79 Å². The molecule has 6 N–H and O–H groups in total. The Morgan fingerprint density at radius 3 is 2.03 bits per heavy atom. The molecule has 160 valence electrons. The molecule has 0 aliphatic heterocycles. The predicted molar refractivity (Wildman–Crippen MR) is 115 cm³/mol. The lowest BCUT2D eigenvalue weighted by atomic mass is 10.0. The van der Waals surface area contributed by atoms with Gasteiger partial charge >= 0.3 is 5.97 Å². The van der Waals surface area contributed by atoms with Crippen LogP contribution in [0.15, 0.2) is 30.3 Å². The Balaban J connectivity index is 2.85. The maximum atomic E-state index is 12.7. The third kappa shape index (κ3) is 8.34. The number of nitrogens with one attached hydrogen (secondary N) is 3. The maximum absolute atomic E-state index is 12.7. The molecule has 0 aromatic heterocycles. The van der Waals surface area contributed by atoms with Crippen LogP contribution in [0.3, 0.4) is 0 Å². The van der Waals surface area contributed by atoms with Crippen molar-refractivity contribution in [2.45, 2.75) is 37.5 Å². The molecule has 0 aliphatic carbocycles. The molecule has 0 saturated carbocycles. The van der Waals surface area contributed by atoms with E-state index in [9.17, 15) is 19.2 Å². The molecule has 11 heteroatoms. The molecular formula is C18H26N4O5S2. The van der Waals surface area contributed by atoms with Crippen molar-refractivity contribution in [2.75, 3.05) is 11.5 Å². The van der Waals surface area contributed by atoms with Gasteiger partial charge in [0.2, 0.25) is 17.7 Å². The SMILES string of the molecule is CC(NC(=O)C(Cc1ccccc1)NC(=O)C(N)CS)C(=O)NC(CS)C(=O)O. The van der Waals surface area contributed by atoms with Crippen molar-refractivity contribution in [3.63, 3.8) is 0 Å². The molecule has 0 radical (unpaired) electrons. The van der Waals surface area contributed by atoms with E-state index in [4.69, 9.17) is 10.8 Å². The molecule has 0 spiro atoms. The van der Waals surface area contributed by atoms with Gasteiger partial charge in [0.1, 0.15) is 18.1 Å². The quantitative estimate of drug-likeness (QED) is 0.218. The van der Waals surface area contributed by atoms with Crippen molar-refractivity contribution >= 4 is 48.9 Å². The molecule has 4 unspecified atom stereocenters. The molecular weight excluding hydrogens is 416 g/mol. The van der Waals surface area contributed by atoms with Crippen molar-refractivity contribution < 1.29 is 24.3 Å². The van der Waals surface area contributed by atoms with E-state index in [0.717, 1.165) is 5.56 Å². The van der Waals surface area contributed by atoms with Gasteiger partial charge in [-0.05, 0) is 12.5 Å². The lowest BCUT2D eigenvalue weighted by Gasteiger charge is -2.23. The van der Waals surface area contributed by atoms with Crippen LogP contribution in [0.2, 0.25) is 0 Å². The number of amides is 3. The van der Waals surface area contributed by atoms with E-state index in [1.54, 1.807) is 24.3 Å². The fourth-order valence-electron chi connectivity index (χ4n) is 2.28. The fourth-order valence-corrected chi connectivity index (χ4v) is 2.70. The van der Waals surface area contributed by atoms with Crippen LogP contribution < -0.4 is 21.7 Å². The molecule has 0 saturated heterocycles. The summed E-state index contributed by atoms with van der Waals surface area (Å²) in [6, 6.07) is 4.92. The minimum atomic E-state index is -1.23. The third-order valence-electron chi connectivity index (χ3n) is 4.00. The van der Waals surface area contributed by atoms with Crippen LogP contribution in [0.5, 0.6) is 0 Å². The van der Waals surface area contributed by atoms with Gasteiger partial charge in [-0.15, -0.1) is 0 Å². The highest BCUT2D eigenvalue weighted by Crippen LogP contribution is 2.05. The first-order valence-corrected chi connectivity index (χ1v) is 10.1. The van der Waals surface area contributed by atoms with Gasteiger partial charge in [0.15, 0.2) is 0 Å². The Morgan fingerprint density at radius 1 is 0.931 bits per heavy atom. The molecule has 0 heterocycles. The average Bonchev–Trinajstić information content (AvgIpc) is 2.70. The van der Waals surface area contributed by atoms with E-state index >= 15 is 0 Å². The van der Waals surface area contributed by atoms with Crippen LogP contribution in [-0.2, 0) is 25.6 Å². The fraction of sp³-hybridized carbons (Fsp3) is 0.444. The Hall–Kier alpha value is -2.24. The smallest absolute Gasteiger partial charge is 0.327 e. The Bertz CT molecular complexity index is 719. The zero-order chi connectivity index (χ0) is 22.0. The summed E-state index contributed by atoms with van der Waals surface area (Å²) in [5.41, 5.74) is 6.46. The molecule has 1 aromatic carbocycles. The van der Waals surface area contributed by atoms with E-state index < -0.39 is 47.9 Å². The number of hydrogen-bond donors (Lipinski definition) is 7. The third-order valence-corrected chi connectivity index (χ3v) is 4.76. The molecule has 1 aromatic rings. The lowest BCUT2D eigenvalue weighted by Crippen LogP contribution is -2.57. The molecule has 3 amide bonds. The van der Waals surface area contributed by atoms with E-state index in [2.05, 4.69) is 41.2 Å². The van der Waals surface area contributed by atoms with E-state index in [1.807, 2.05) is 6.07 Å². The van der Waals surface area contributed by atoms with Crippen LogP contribution >= 0.6 is 25.3 Å². The highest BCUT2D eigenvalue weighted by Gasteiger charge is 2.27. The van der Waals surface area contributed by atoms with Crippen molar-refractivity contribution in [1.29, 1.82) is 0 Å². The molecule has 29 heavy (non-hydrogen) atoms. The number of aliphatic carboxylic acids is 1. The van der Waals surface area contributed by atoms with Gasteiger partial charge in [0, 0.05) is 17.9 Å². The second-order valence-electron chi connectivity index (χ2n) is 6.35. The van der Waals surface area contributed by atoms with Crippen LogP contribution in [0.25, 0.3) is 0 Å². The highest BCUT2D eigenvalue weighted by molar-refractivity contribution is 7.80. The maximum Gasteiger partial charge on any atom is 0.327 e. The number of carbonyl (C=O) groups excluding carboxylic acids is 3. The molecule has 9 nitrogen and oxygen atoms in total. The van der Waals surface area contributed by atoms with Crippen molar-refractivity contribution in [2.24, 2.45) is 5.73 Å². The van der Waals surface area contributed by atoms with E-state index in [-0.39, 0.29) is 17.9 Å². The monoisotopic (exact) mass is 442 g/mol. The number of hydrogen-bond acceptors (Lipinski definition) is 7. The summed E-state index contributed by atoms with van der Waals surface area (Å²) in [7, 11) is 0. The summed E-state index contributed by atoms with van der Waals surface area (Å²) < 4.78 is 0. The number of carbonyl (C=O) groups is 4.